The zero-order valence-electron chi connectivity index (χ0n) is 12.6. The summed E-state index contributed by atoms with van der Waals surface area (Å²) >= 11 is 0. The van der Waals surface area contributed by atoms with Gasteiger partial charge in [-0.1, -0.05) is 43.9 Å². The molecule has 0 saturated carbocycles. The van der Waals surface area contributed by atoms with Gasteiger partial charge in [0, 0.05) is 29.4 Å². The number of hydrogen-bond donors (Lipinski definition) is 2. The molecule has 2 nitrogen and oxygen atoms in total. The predicted molar refractivity (Wildman–Crippen MR) is 90.2 cm³/mol. The zero-order chi connectivity index (χ0) is 15.1. The van der Waals surface area contributed by atoms with Crippen LogP contribution in [-0.4, -0.2) is 12.6 Å². The van der Waals surface area contributed by atoms with E-state index in [1.165, 1.54) is 0 Å². The fraction of sp³-hybridized carbons (Fsp3) is 0.263. The molecule has 0 heterocycles. The van der Waals surface area contributed by atoms with Crippen LogP contribution in [0.2, 0.25) is 0 Å². The van der Waals surface area contributed by atoms with E-state index in [1.54, 1.807) is 0 Å². The highest BCUT2D eigenvalue weighted by Crippen LogP contribution is 2.10. The van der Waals surface area contributed by atoms with Crippen molar-refractivity contribution in [3.8, 4) is 11.8 Å². The van der Waals surface area contributed by atoms with E-state index in [-0.39, 0.29) is 6.04 Å². The van der Waals surface area contributed by atoms with Crippen LogP contribution in [0.1, 0.15) is 25.0 Å². The second-order valence-electron chi connectivity index (χ2n) is 5.48. The molecule has 0 aliphatic carbocycles. The Balaban J connectivity index is 1.95. The van der Waals surface area contributed by atoms with Gasteiger partial charge in [-0.15, -0.1) is 0 Å². The summed E-state index contributed by atoms with van der Waals surface area (Å²) in [7, 11) is 0. The van der Waals surface area contributed by atoms with Gasteiger partial charge in [0.1, 0.15) is 0 Å². The minimum atomic E-state index is 0.169. The Morgan fingerprint density at radius 2 is 1.48 bits per heavy atom. The first kappa shape index (κ1) is 15.2. The van der Waals surface area contributed by atoms with E-state index in [1.807, 2.05) is 54.6 Å². The van der Waals surface area contributed by atoms with Gasteiger partial charge >= 0.3 is 0 Å². The molecule has 0 radical (unpaired) electrons. The van der Waals surface area contributed by atoms with Crippen molar-refractivity contribution in [1.29, 1.82) is 0 Å². The Kier molecular flexibility index (Phi) is 5.43. The van der Waals surface area contributed by atoms with Crippen molar-refractivity contribution in [1.82, 2.24) is 0 Å². The molecule has 0 fully saturated rings. The van der Waals surface area contributed by atoms with Crippen LogP contribution in [0.4, 0.5) is 5.69 Å². The third-order valence-electron chi connectivity index (χ3n) is 3.41. The Morgan fingerprint density at radius 3 is 2.05 bits per heavy atom. The van der Waals surface area contributed by atoms with Crippen LogP contribution >= 0.6 is 0 Å². The molecule has 21 heavy (non-hydrogen) atoms. The van der Waals surface area contributed by atoms with E-state index in [4.69, 9.17) is 5.73 Å². The summed E-state index contributed by atoms with van der Waals surface area (Å²) < 4.78 is 0. The molecule has 2 aromatic rings. The fourth-order valence-corrected chi connectivity index (χ4v) is 1.81. The van der Waals surface area contributed by atoms with E-state index < -0.39 is 0 Å². The molecule has 0 spiro atoms. The number of benzene rings is 2. The molecule has 2 rings (SSSR count). The van der Waals surface area contributed by atoms with Gasteiger partial charge in [-0.2, -0.15) is 0 Å². The molecule has 1 unspecified atom stereocenters. The van der Waals surface area contributed by atoms with Crippen molar-refractivity contribution in [3.05, 3.63) is 65.7 Å². The summed E-state index contributed by atoms with van der Waals surface area (Å²) in [6.45, 7) is 5.05. The number of nitrogens with two attached hydrogens (primary N) is 1. The van der Waals surface area contributed by atoms with Gasteiger partial charge in [-0.25, -0.2) is 0 Å². The number of nitrogens with one attached hydrogen (secondary N) is 1. The first-order valence-corrected chi connectivity index (χ1v) is 7.32. The standard InChI is InChI=1S/C19H22N2/c1-15(2)19(20)14-21-18-12-10-17(11-13-18)9-8-16-6-4-3-5-7-16/h3-7,10-13,15,19,21H,14,20H2,1-2H3. The number of hydrogen-bond acceptors (Lipinski definition) is 2. The Hall–Kier alpha value is -2.24. The molecule has 1 atom stereocenters. The van der Waals surface area contributed by atoms with E-state index >= 15 is 0 Å². The summed E-state index contributed by atoms with van der Waals surface area (Å²) in [5, 5.41) is 3.35. The summed E-state index contributed by atoms with van der Waals surface area (Å²) in [5.74, 6) is 6.80. The third kappa shape index (κ3) is 4.98. The molecule has 0 bridgehead atoms. The van der Waals surface area contributed by atoms with Crippen LogP contribution in [0.3, 0.4) is 0 Å². The van der Waals surface area contributed by atoms with Crippen LogP contribution in [0.5, 0.6) is 0 Å². The van der Waals surface area contributed by atoms with Gasteiger partial charge in [-0.3, -0.25) is 0 Å². The van der Waals surface area contributed by atoms with Gasteiger partial charge in [0.25, 0.3) is 0 Å². The highest BCUT2D eigenvalue weighted by atomic mass is 14.9. The Bertz CT molecular complexity index is 604. The van der Waals surface area contributed by atoms with Gasteiger partial charge in [0.05, 0.1) is 0 Å². The van der Waals surface area contributed by atoms with E-state index in [0.717, 1.165) is 23.4 Å². The normalized spacial score (nSPS) is 11.6. The van der Waals surface area contributed by atoms with Crippen molar-refractivity contribution in [3.63, 3.8) is 0 Å². The highest BCUT2D eigenvalue weighted by molar-refractivity contribution is 5.50. The van der Waals surface area contributed by atoms with Crippen LogP contribution in [0, 0.1) is 17.8 Å². The molecule has 108 valence electrons. The fourth-order valence-electron chi connectivity index (χ4n) is 1.81. The summed E-state index contributed by atoms with van der Waals surface area (Å²) in [6, 6.07) is 18.3. The van der Waals surface area contributed by atoms with Crippen molar-refractivity contribution < 1.29 is 0 Å². The minimum Gasteiger partial charge on any atom is -0.383 e. The summed E-state index contributed by atoms with van der Waals surface area (Å²) in [4.78, 5) is 0. The largest absolute Gasteiger partial charge is 0.383 e. The second-order valence-corrected chi connectivity index (χ2v) is 5.48. The number of anilines is 1. The monoisotopic (exact) mass is 278 g/mol. The predicted octanol–water partition coefficient (Wildman–Crippen LogP) is 3.48. The quantitative estimate of drug-likeness (QED) is 0.840. The lowest BCUT2D eigenvalue weighted by Crippen LogP contribution is -2.33. The minimum absolute atomic E-state index is 0.169. The highest BCUT2D eigenvalue weighted by Gasteiger charge is 2.06. The smallest absolute Gasteiger partial charge is 0.0341 e. The van der Waals surface area contributed by atoms with E-state index in [2.05, 4.69) is 31.0 Å². The SMILES string of the molecule is CC(C)C(N)CNc1ccc(C#Cc2ccccc2)cc1. The van der Waals surface area contributed by atoms with Gasteiger partial charge in [0.2, 0.25) is 0 Å². The lowest BCUT2D eigenvalue weighted by Gasteiger charge is -2.16. The third-order valence-corrected chi connectivity index (χ3v) is 3.41. The second kappa shape index (κ2) is 7.52. The van der Waals surface area contributed by atoms with Crippen molar-refractivity contribution in [2.75, 3.05) is 11.9 Å². The molecular formula is C19H22N2. The molecule has 0 aliphatic rings. The summed E-state index contributed by atoms with van der Waals surface area (Å²) in [6.07, 6.45) is 0. The molecule has 3 N–H and O–H groups in total. The maximum Gasteiger partial charge on any atom is 0.0341 e. The maximum absolute atomic E-state index is 6.02. The van der Waals surface area contributed by atoms with Gasteiger partial charge in [-0.05, 0) is 42.3 Å². The molecule has 0 aromatic heterocycles. The van der Waals surface area contributed by atoms with Crippen molar-refractivity contribution in [2.45, 2.75) is 19.9 Å². The molecule has 0 aliphatic heterocycles. The Labute approximate surface area is 127 Å². The van der Waals surface area contributed by atoms with Crippen molar-refractivity contribution in [2.24, 2.45) is 11.7 Å². The lowest BCUT2D eigenvalue weighted by molar-refractivity contribution is 0.511. The Morgan fingerprint density at radius 1 is 0.905 bits per heavy atom. The average molecular weight is 278 g/mol. The molecule has 0 saturated heterocycles. The maximum atomic E-state index is 6.02. The molecule has 2 aromatic carbocycles. The van der Waals surface area contributed by atoms with Crippen LogP contribution in [0.15, 0.2) is 54.6 Å². The summed E-state index contributed by atoms with van der Waals surface area (Å²) in [5.41, 5.74) is 9.14. The van der Waals surface area contributed by atoms with Crippen LogP contribution in [-0.2, 0) is 0 Å². The first-order valence-electron chi connectivity index (χ1n) is 7.32. The van der Waals surface area contributed by atoms with Crippen LogP contribution < -0.4 is 11.1 Å². The topological polar surface area (TPSA) is 38.0 Å². The van der Waals surface area contributed by atoms with Crippen molar-refractivity contribution >= 4 is 5.69 Å². The van der Waals surface area contributed by atoms with E-state index in [0.29, 0.717) is 5.92 Å². The molecule has 0 amide bonds. The van der Waals surface area contributed by atoms with Crippen LogP contribution in [0.25, 0.3) is 0 Å². The molecule has 2 heteroatoms. The molecular weight excluding hydrogens is 256 g/mol. The first-order chi connectivity index (χ1) is 10.1. The zero-order valence-corrected chi connectivity index (χ0v) is 12.6. The lowest BCUT2D eigenvalue weighted by atomic mass is 10.1. The number of rotatable bonds is 4. The van der Waals surface area contributed by atoms with Gasteiger partial charge < -0.3 is 11.1 Å². The van der Waals surface area contributed by atoms with Gasteiger partial charge in [0.15, 0.2) is 0 Å². The van der Waals surface area contributed by atoms with E-state index in [9.17, 15) is 0 Å². The average Bonchev–Trinajstić information content (AvgIpc) is 2.52.